The molecule has 7 nitrogen and oxygen atoms in total. The van der Waals surface area contributed by atoms with E-state index in [0.29, 0.717) is 12.2 Å². The van der Waals surface area contributed by atoms with E-state index in [1.807, 2.05) is 47.7 Å². The van der Waals surface area contributed by atoms with Crippen molar-refractivity contribution in [2.75, 3.05) is 30.9 Å². The predicted octanol–water partition coefficient (Wildman–Crippen LogP) is 6.74. The summed E-state index contributed by atoms with van der Waals surface area (Å²) in [4.78, 5) is 30.6. The molecule has 0 unspecified atom stereocenters. The molecular weight excluding hydrogens is 508 g/mol. The van der Waals surface area contributed by atoms with E-state index in [1.165, 1.54) is 18.4 Å². The minimum atomic E-state index is -0.499. The first-order valence-corrected chi connectivity index (χ1v) is 14.7. The molecule has 4 rings (SSSR count). The molecule has 1 aliphatic carbocycles. The van der Waals surface area contributed by atoms with E-state index in [1.54, 1.807) is 0 Å². The van der Waals surface area contributed by atoms with Crippen LogP contribution in [-0.4, -0.2) is 49.7 Å². The molecule has 0 bridgehead atoms. The second-order valence-electron chi connectivity index (χ2n) is 10.3. The zero-order chi connectivity index (χ0) is 27.8. The molecule has 0 spiro atoms. The smallest absolute Gasteiger partial charge is 0.411 e. The molecule has 1 fully saturated rings. The molecule has 1 saturated carbocycles. The number of carbonyl (C=O) groups excluding carboxylic acids is 2. The fourth-order valence-electron chi connectivity index (χ4n) is 5.19. The molecule has 2 amide bonds. The van der Waals surface area contributed by atoms with E-state index in [-0.39, 0.29) is 18.0 Å². The van der Waals surface area contributed by atoms with Gasteiger partial charge in [0.15, 0.2) is 0 Å². The van der Waals surface area contributed by atoms with Crippen LogP contribution in [-0.2, 0) is 11.3 Å². The standard InChI is InChI=1S/C31H40N4O3S/c1-4-5-17-34(2)28-16-11-24(20-27(28)33-31(37)38-3)23-9-6-8-22(19-23)21-35(26-14-12-25(32)13-15-26)30(36)29-10-7-18-39-29/h6-11,16,18-20,25-26H,4-5,12-15,17,21,32H2,1-3H3,(H,33,37). The van der Waals surface area contributed by atoms with Crippen molar-refractivity contribution in [2.24, 2.45) is 5.73 Å². The Labute approximate surface area is 236 Å². The van der Waals surface area contributed by atoms with Gasteiger partial charge in [-0.15, -0.1) is 11.3 Å². The third kappa shape index (κ3) is 7.40. The molecule has 0 atom stereocenters. The number of carbonyl (C=O) groups is 2. The van der Waals surface area contributed by atoms with E-state index < -0.39 is 6.09 Å². The summed E-state index contributed by atoms with van der Waals surface area (Å²) in [5.74, 6) is 0.0832. The SMILES string of the molecule is CCCCN(C)c1ccc(-c2cccc(CN(C(=O)c3cccs3)C3CCC(N)CC3)c2)cc1NC(=O)OC. The summed E-state index contributed by atoms with van der Waals surface area (Å²) >= 11 is 1.49. The van der Waals surface area contributed by atoms with Crippen LogP contribution in [0.1, 0.15) is 60.7 Å². The Balaban J connectivity index is 1.61. The van der Waals surface area contributed by atoms with Crippen molar-refractivity contribution >= 4 is 34.7 Å². The number of thiophene rings is 1. The highest BCUT2D eigenvalue weighted by atomic mass is 32.1. The van der Waals surface area contributed by atoms with Gasteiger partial charge in [0.05, 0.1) is 23.4 Å². The van der Waals surface area contributed by atoms with Crippen LogP contribution in [0.15, 0.2) is 60.0 Å². The zero-order valence-corrected chi connectivity index (χ0v) is 24.0. The topological polar surface area (TPSA) is 87.9 Å². The molecule has 1 aromatic heterocycles. The molecule has 8 heteroatoms. The molecule has 39 heavy (non-hydrogen) atoms. The number of methoxy groups -OCH3 is 1. The largest absolute Gasteiger partial charge is 0.453 e. The maximum absolute atomic E-state index is 13.5. The van der Waals surface area contributed by atoms with Gasteiger partial charge in [0.2, 0.25) is 0 Å². The maximum atomic E-state index is 13.5. The first-order chi connectivity index (χ1) is 18.9. The fraction of sp³-hybridized carbons (Fsp3) is 0.419. The van der Waals surface area contributed by atoms with Gasteiger partial charge in [-0.05, 0) is 78.4 Å². The first kappa shape index (κ1) is 28.6. The summed E-state index contributed by atoms with van der Waals surface area (Å²) in [5.41, 5.74) is 10.9. The Kier molecular flexibility index (Phi) is 10.0. The van der Waals surface area contributed by atoms with E-state index in [2.05, 4.69) is 41.4 Å². The van der Waals surface area contributed by atoms with Gasteiger partial charge in [0.25, 0.3) is 5.91 Å². The van der Waals surface area contributed by atoms with Crippen molar-refractivity contribution in [1.82, 2.24) is 4.90 Å². The van der Waals surface area contributed by atoms with E-state index >= 15 is 0 Å². The lowest BCUT2D eigenvalue weighted by Crippen LogP contribution is -2.43. The van der Waals surface area contributed by atoms with Crippen LogP contribution in [0.2, 0.25) is 0 Å². The lowest BCUT2D eigenvalue weighted by atomic mass is 9.90. The summed E-state index contributed by atoms with van der Waals surface area (Å²) in [6, 6.07) is 18.7. The van der Waals surface area contributed by atoms with Gasteiger partial charge < -0.3 is 20.3 Å². The van der Waals surface area contributed by atoms with Crippen molar-refractivity contribution in [2.45, 2.75) is 64.1 Å². The summed E-state index contributed by atoms with van der Waals surface area (Å²) in [7, 11) is 3.40. The Bertz CT molecular complexity index is 1240. The lowest BCUT2D eigenvalue weighted by molar-refractivity contribution is 0.0611. The minimum absolute atomic E-state index is 0.0832. The number of nitrogens with one attached hydrogen (secondary N) is 1. The number of nitrogens with zero attached hydrogens (tertiary/aromatic N) is 2. The molecule has 0 saturated heterocycles. The van der Waals surface area contributed by atoms with Crippen LogP contribution < -0.4 is 16.0 Å². The zero-order valence-electron chi connectivity index (χ0n) is 23.2. The Hall–Kier alpha value is -3.36. The predicted molar refractivity (Wildman–Crippen MR) is 161 cm³/mol. The monoisotopic (exact) mass is 548 g/mol. The number of hydrogen-bond acceptors (Lipinski definition) is 6. The molecule has 0 aliphatic heterocycles. The van der Waals surface area contributed by atoms with Crippen molar-refractivity contribution in [3.05, 3.63) is 70.4 Å². The van der Waals surface area contributed by atoms with Crippen molar-refractivity contribution in [1.29, 1.82) is 0 Å². The average Bonchev–Trinajstić information content (AvgIpc) is 3.50. The normalized spacial score (nSPS) is 16.9. The van der Waals surface area contributed by atoms with Gasteiger partial charge in [-0.3, -0.25) is 10.1 Å². The maximum Gasteiger partial charge on any atom is 0.411 e. The van der Waals surface area contributed by atoms with Crippen molar-refractivity contribution in [3.8, 4) is 11.1 Å². The first-order valence-electron chi connectivity index (χ1n) is 13.8. The minimum Gasteiger partial charge on any atom is -0.453 e. The number of benzene rings is 2. The summed E-state index contributed by atoms with van der Waals surface area (Å²) in [6.07, 6.45) is 5.38. The van der Waals surface area contributed by atoms with E-state index in [4.69, 9.17) is 10.5 Å². The number of amides is 2. The number of rotatable bonds is 10. The molecule has 1 heterocycles. The van der Waals surface area contributed by atoms with Crippen LogP contribution in [0.4, 0.5) is 16.2 Å². The quantitative estimate of drug-likeness (QED) is 0.293. The summed E-state index contributed by atoms with van der Waals surface area (Å²) in [6.45, 7) is 3.59. The number of anilines is 2. The van der Waals surface area contributed by atoms with Gasteiger partial charge in [0, 0.05) is 32.2 Å². The molecule has 0 radical (unpaired) electrons. The van der Waals surface area contributed by atoms with Crippen molar-refractivity contribution in [3.63, 3.8) is 0 Å². The van der Waals surface area contributed by atoms with Gasteiger partial charge in [-0.1, -0.05) is 43.7 Å². The molecule has 2 aromatic carbocycles. The molecule has 208 valence electrons. The fourth-order valence-corrected chi connectivity index (χ4v) is 5.87. The van der Waals surface area contributed by atoms with Crippen LogP contribution in [0, 0.1) is 0 Å². The average molecular weight is 549 g/mol. The highest BCUT2D eigenvalue weighted by Gasteiger charge is 2.29. The third-order valence-electron chi connectivity index (χ3n) is 7.47. The molecule has 1 aliphatic rings. The molecule has 3 N–H and O–H groups in total. The highest BCUT2D eigenvalue weighted by Crippen LogP contribution is 2.33. The summed E-state index contributed by atoms with van der Waals surface area (Å²) in [5, 5.41) is 4.84. The number of ether oxygens (including phenoxy) is 1. The second kappa shape index (κ2) is 13.6. The molecular formula is C31H40N4O3S. The highest BCUT2D eigenvalue weighted by molar-refractivity contribution is 7.12. The third-order valence-corrected chi connectivity index (χ3v) is 8.32. The van der Waals surface area contributed by atoms with E-state index in [9.17, 15) is 9.59 Å². The Morgan fingerprint density at radius 3 is 2.51 bits per heavy atom. The Morgan fingerprint density at radius 1 is 1.05 bits per heavy atom. The number of nitrogens with two attached hydrogens (primary N) is 1. The second-order valence-corrected chi connectivity index (χ2v) is 11.3. The number of unbranched alkanes of at least 4 members (excludes halogenated alkanes) is 1. The number of hydrogen-bond donors (Lipinski definition) is 2. The lowest BCUT2D eigenvalue weighted by Gasteiger charge is -2.36. The van der Waals surface area contributed by atoms with Crippen LogP contribution in [0.5, 0.6) is 0 Å². The Morgan fingerprint density at radius 2 is 1.82 bits per heavy atom. The molecule has 3 aromatic rings. The van der Waals surface area contributed by atoms with Gasteiger partial charge in [0.1, 0.15) is 0 Å². The van der Waals surface area contributed by atoms with Gasteiger partial charge in [-0.25, -0.2) is 4.79 Å². The van der Waals surface area contributed by atoms with Crippen LogP contribution in [0.25, 0.3) is 11.1 Å². The summed E-state index contributed by atoms with van der Waals surface area (Å²) < 4.78 is 4.88. The van der Waals surface area contributed by atoms with Crippen molar-refractivity contribution < 1.29 is 14.3 Å². The van der Waals surface area contributed by atoms with Crippen LogP contribution >= 0.6 is 11.3 Å². The van der Waals surface area contributed by atoms with E-state index in [0.717, 1.165) is 72.3 Å². The van der Waals surface area contributed by atoms with Gasteiger partial charge >= 0.3 is 6.09 Å². The van der Waals surface area contributed by atoms with Crippen LogP contribution in [0.3, 0.4) is 0 Å². The van der Waals surface area contributed by atoms with Gasteiger partial charge in [-0.2, -0.15) is 0 Å².